The van der Waals surface area contributed by atoms with Crippen LogP contribution in [0.25, 0.3) is 10.9 Å². The van der Waals surface area contributed by atoms with E-state index in [4.69, 9.17) is 9.47 Å². The lowest BCUT2D eigenvalue weighted by Gasteiger charge is -2.36. The summed E-state index contributed by atoms with van der Waals surface area (Å²) in [7, 11) is 0. The molecule has 25 heavy (non-hydrogen) atoms. The number of hydrogen-bond acceptors (Lipinski definition) is 3. The Morgan fingerprint density at radius 3 is 2.72 bits per heavy atom. The van der Waals surface area contributed by atoms with E-state index >= 15 is 0 Å². The van der Waals surface area contributed by atoms with Gasteiger partial charge >= 0.3 is 5.97 Å². The monoisotopic (exact) mass is 335 g/mol. The maximum Gasteiger partial charge on any atom is 0.305 e. The summed E-state index contributed by atoms with van der Waals surface area (Å²) in [6.45, 7) is 4.06. The van der Waals surface area contributed by atoms with Gasteiger partial charge in [-0.2, -0.15) is 0 Å². The van der Waals surface area contributed by atoms with E-state index in [1.807, 2.05) is 30.3 Å². The lowest BCUT2D eigenvalue weighted by molar-refractivity contribution is -0.222. The SMILES string of the molecule is CCc1cccc2c3c([nH]c12)C(OC(C)=O)(c1ccccc1)OCC3. The molecule has 0 bridgehead atoms. The summed E-state index contributed by atoms with van der Waals surface area (Å²) in [6.07, 6.45) is 1.72. The third-order valence-electron chi connectivity index (χ3n) is 4.84. The first-order chi connectivity index (χ1) is 12.2. The van der Waals surface area contributed by atoms with Gasteiger partial charge in [0.2, 0.25) is 0 Å². The number of hydrogen-bond donors (Lipinski definition) is 1. The van der Waals surface area contributed by atoms with Crippen LogP contribution in [0.2, 0.25) is 0 Å². The van der Waals surface area contributed by atoms with E-state index in [1.54, 1.807) is 0 Å². The van der Waals surface area contributed by atoms with Gasteiger partial charge in [-0.05, 0) is 24.0 Å². The molecule has 2 heterocycles. The highest BCUT2D eigenvalue weighted by molar-refractivity contribution is 5.88. The second kappa shape index (κ2) is 6.05. The zero-order valence-electron chi connectivity index (χ0n) is 14.5. The van der Waals surface area contributed by atoms with Crippen molar-refractivity contribution in [2.24, 2.45) is 0 Å². The number of carbonyl (C=O) groups excluding carboxylic acids is 1. The fraction of sp³-hybridized carbons (Fsp3) is 0.286. The molecule has 2 aromatic carbocycles. The van der Waals surface area contributed by atoms with Crippen LogP contribution in [-0.2, 0) is 32.9 Å². The largest absolute Gasteiger partial charge is 0.422 e. The van der Waals surface area contributed by atoms with Crippen LogP contribution in [0.15, 0.2) is 48.5 Å². The molecule has 1 aliphatic rings. The van der Waals surface area contributed by atoms with Gasteiger partial charge in [-0.1, -0.05) is 55.5 Å². The Bertz CT molecular complexity index is 929. The molecule has 1 N–H and O–H groups in total. The summed E-state index contributed by atoms with van der Waals surface area (Å²) >= 11 is 0. The van der Waals surface area contributed by atoms with E-state index in [0.29, 0.717) is 6.61 Å². The number of aromatic amines is 1. The lowest BCUT2D eigenvalue weighted by Crippen LogP contribution is -2.40. The van der Waals surface area contributed by atoms with E-state index < -0.39 is 5.79 Å². The molecule has 128 valence electrons. The van der Waals surface area contributed by atoms with Gasteiger partial charge in [-0.15, -0.1) is 0 Å². The number of aryl methyl sites for hydroxylation is 1. The van der Waals surface area contributed by atoms with Crippen molar-refractivity contribution in [2.45, 2.75) is 32.5 Å². The summed E-state index contributed by atoms with van der Waals surface area (Å²) in [5.41, 5.74) is 5.16. The molecule has 0 saturated heterocycles. The molecule has 4 rings (SSSR count). The number of rotatable bonds is 3. The number of aromatic nitrogens is 1. The molecular weight excluding hydrogens is 314 g/mol. The highest BCUT2D eigenvalue weighted by atomic mass is 16.7. The predicted molar refractivity (Wildman–Crippen MR) is 96.3 cm³/mol. The van der Waals surface area contributed by atoms with Gasteiger partial charge in [0.05, 0.1) is 12.3 Å². The van der Waals surface area contributed by atoms with Crippen LogP contribution in [0.5, 0.6) is 0 Å². The van der Waals surface area contributed by atoms with E-state index in [9.17, 15) is 4.79 Å². The number of para-hydroxylation sites is 1. The fourth-order valence-corrected chi connectivity index (χ4v) is 3.77. The Hall–Kier alpha value is -2.59. The maximum atomic E-state index is 11.9. The standard InChI is InChI=1S/C21H21NO3/c1-3-15-8-7-11-17-18-12-13-24-21(25-14(2)23,20(18)22-19(15)17)16-9-5-4-6-10-16/h4-11,22H,3,12-13H2,1-2H3. The normalized spacial score (nSPS) is 19.6. The van der Waals surface area contributed by atoms with Gasteiger partial charge in [-0.25, -0.2) is 0 Å². The van der Waals surface area contributed by atoms with Gasteiger partial charge in [-0.3, -0.25) is 4.79 Å². The molecule has 0 spiro atoms. The van der Waals surface area contributed by atoms with Gasteiger partial charge in [0.25, 0.3) is 5.79 Å². The molecule has 0 amide bonds. The number of nitrogens with one attached hydrogen (secondary N) is 1. The number of esters is 1. The van der Waals surface area contributed by atoms with Crippen molar-refractivity contribution >= 4 is 16.9 Å². The molecule has 4 heteroatoms. The summed E-state index contributed by atoms with van der Waals surface area (Å²) < 4.78 is 11.9. The molecule has 0 fully saturated rings. The van der Waals surface area contributed by atoms with Crippen LogP contribution < -0.4 is 0 Å². The van der Waals surface area contributed by atoms with Crippen LogP contribution in [0.1, 0.15) is 36.2 Å². The number of ether oxygens (including phenoxy) is 2. The number of carbonyl (C=O) groups is 1. The highest BCUT2D eigenvalue weighted by Gasteiger charge is 2.45. The second-order valence-electron chi connectivity index (χ2n) is 6.35. The van der Waals surface area contributed by atoms with Gasteiger partial charge < -0.3 is 14.5 Å². The van der Waals surface area contributed by atoms with E-state index in [0.717, 1.165) is 29.6 Å². The number of benzene rings is 2. The molecule has 0 radical (unpaired) electrons. The average molecular weight is 335 g/mol. The molecule has 1 unspecified atom stereocenters. The fourth-order valence-electron chi connectivity index (χ4n) is 3.77. The quantitative estimate of drug-likeness (QED) is 0.734. The van der Waals surface area contributed by atoms with Crippen molar-refractivity contribution in [2.75, 3.05) is 6.61 Å². The summed E-state index contributed by atoms with van der Waals surface area (Å²) in [4.78, 5) is 15.5. The minimum atomic E-state index is -1.22. The first-order valence-corrected chi connectivity index (χ1v) is 8.67. The Labute approximate surface area is 146 Å². The molecular formula is C21H21NO3. The Morgan fingerprint density at radius 2 is 2.00 bits per heavy atom. The zero-order chi connectivity index (χ0) is 17.4. The molecule has 1 aliphatic heterocycles. The first-order valence-electron chi connectivity index (χ1n) is 8.67. The van der Waals surface area contributed by atoms with Gasteiger partial charge in [0, 0.05) is 23.4 Å². The Balaban J connectivity index is 2.02. The van der Waals surface area contributed by atoms with E-state index in [-0.39, 0.29) is 5.97 Å². The van der Waals surface area contributed by atoms with E-state index in [1.165, 1.54) is 23.4 Å². The first kappa shape index (κ1) is 15.9. The Kier molecular flexibility index (Phi) is 3.85. The van der Waals surface area contributed by atoms with Crippen molar-refractivity contribution < 1.29 is 14.3 Å². The molecule has 4 nitrogen and oxygen atoms in total. The van der Waals surface area contributed by atoms with Gasteiger partial charge in [0.1, 0.15) is 0 Å². The zero-order valence-corrected chi connectivity index (χ0v) is 14.5. The predicted octanol–water partition coefficient (Wildman–Crippen LogP) is 4.07. The van der Waals surface area contributed by atoms with Crippen molar-refractivity contribution in [1.82, 2.24) is 4.98 Å². The van der Waals surface area contributed by atoms with Crippen LogP contribution in [-0.4, -0.2) is 17.6 Å². The highest BCUT2D eigenvalue weighted by Crippen LogP contribution is 2.43. The summed E-state index contributed by atoms with van der Waals surface area (Å²) in [5.74, 6) is -1.59. The number of H-pyrrole nitrogens is 1. The summed E-state index contributed by atoms with van der Waals surface area (Å²) in [6, 6.07) is 16.0. The third kappa shape index (κ3) is 2.45. The van der Waals surface area contributed by atoms with Crippen LogP contribution in [0.4, 0.5) is 0 Å². The van der Waals surface area contributed by atoms with E-state index in [2.05, 4.69) is 30.1 Å². The van der Waals surface area contributed by atoms with Crippen LogP contribution in [0.3, 0.4) is 0 Å². The van der Waals surface area contributed by atoms with Crippen LogP contribution in [0, 0.1) is 0 Å². The van der Waals surface area contributed by atoms with Crippen molar-refractivity contribution in [3.63, 3.8) is 0 Å². The second-order valence-corrected chi connectivity index (χ2v) is 6.35. The lowest BCUT2D eigenvalue weighted by atomic mass is 9.94. The third-order valence-corrected chi connectivity index (χ3v) is 4.84. The van der Waals surface area contributed by atoms with Crippen molar-refractivity contribution in [3.05, 3.63) is 70.9 Å². The Morgan fingerprint density at radius 1 is 1.20 bits per heavy atom. The average Bonchev–Trinajstić information content (AvgIpc) is 3.02. The van der Waals surface area contributed by atoms with Gasteiger partial charge in [0.15, 0.2) is 0 Å². The minimum Gasteiger partial charge on any atom is -0.422 e. The molecule has 0 saturated carbocycles. The molecule has 1 atom stereocenters. The maximum absolute atomic E-state index is 11.9. The van der Waals surface area contributed by atoms with Crippen molar-refractivity contribution in [3.8, 4) is 0 Å². The van der Waals surface area contributed by atoms with Crippen LogP contribution >= 0.6 is 0 Å². The van der Waals surface area contributed by atoms with Crippen molar-refractivity contribution in [1.29, 1.82) is 0 Å². The molecule has 0 aliphatic carbocycles. The molecule has 3 aromatic rings. The topological polar surface area (TPSA) is 51.3 Å². The summed E-state index contributed by atoms with van der Waals surface area (Å²) in [5, 5.41) is 1.19. The molecule has 1 aromatic heterocycles. The number of fused-ring (bicyclic) bond motifs is 3. The smallest absolute Gasteiger partial charge is 0.305 e. The minimum absolute atomic E-state index is 0.369.